The number of amides is 1. The van der Waals surface area contributed by atoms with Crippen molar-refractivity contribution in [3.05, 3.63) is 104 Å². The van der Waals surface area contributed by atoms with E-state index in [-0.39, 0.29) is 41.3 Å². The average Bonchev–Trinajstić information content (AvgIpc) is 3.32. The molecular weight excluding hydrogens is 552 g/mol. The molecule has 1 aliphatic rings. The van der Waals surface area contributed by atoms with Gasteiger partial charge in [0, 0.05) is 34.6 Å². The van der Waals surface area contributed by atoms with Crippen LogP contribution < -0.4 is 4.74 Å². The van der Waals surface area contributed by atoms with Crippen molar-refractivity contribution in [1.82, 2.24) is 4.90 Å². The number of nitro benzene ring substituents is 1. The maximum Gasteiger partial charge on any atom is 0.284 e. The van der Waals surface area contributed by atoms with Gasteiger partial charge >= 0.3 is 0 Å². The van der Waals surface area contributed by atoms with Gasteiger partial charge in [0.15, 0.2) is 17.1 Å². The van der Waals surface area contributed by atoms with Gasteiger partial charge in [0.05, 0.1) is 22.5 Å². The number of nitro groups is 1. The fraction of sp³-hybridized carbons (Fsp3) is 0.241. The lowest BCUT2D eigenvalue weighted by atomic mass is 9.96. The van der Waals surface area contributed by atoms with Gasteiger partial charge in [0.25, 0.3) is 11.6 Å². The van der Waals surface area contributed by atoms with Crippen LogP contribution in [0.15, 0.2) is 75.6 Å². The summed E-state index contributed by atoms with van der Waals surface area (Å²) in [4.78, 5) is 38.6. The molecule has 1 heterocycles. The zero-order valence-corrected chi connectivity index (χ0v) is 22.1. The molecule has 0 atom stereocenters. The van der Waals surface area contributed by atoms with Gasteiger partial charge in [-0.2, -0.15) is 0 Å². The largest absolute Gasteiger partial charge is 0.488 e. The smallest absolute Gasteiger partial charge is 0.284 e. The molecule has 4 aromatic rings. The number of ketones is 1. The Morgan fingerprint density at radius 3 is 2.58 bits per heavy atom. The van der Waals surface area contributed by atoms with E-state index in [2.05, 4.69) is 15.9 Å². The fourth-order valence-corrected chi connectivity index (χ4v) is 5.13. The number of furan rings is 1. The van der Waals surface area contributed by atoms with Crippen molar-refractivity contribution in [2.75, 3.05) is 19.7 Å². The molecule has 0 fully saturated rings. The molecule has 1 aliphatic carbocycles. The molecule has 0 unspecified atom stereocenters. The molecule has 0 spiro atoms. The standard InChI is InChI=1S/C29H25BrN2O6/c30-23-14-13-20(17-24(23)32(35)36)25(33)18-31(29(34)19-7-2-1-3-8-19)15-16-37-27-12-6-10-22-21-9-4-5-11-26(21)38-28(22)27/h1-3,6-8,10,12-14,17H,4-5,9,11,15-16,18H2. The van der Waals surface area contributed by atoms with Gasteiger partial charge in [0.2, 0.25) is 0 Å². The molecule has 1 aromatic heterocycles. The Bertz CT molecular complexity index is 1510. The molecule has 9 heteroatoms. The topological polar surface area (TPSA) is 103 Å². The summed E-state index contributed by atoms with van der Waals surface area (Å²) in [6.07, 6.45) is 4.15. The van der Waals surface area contributed by atoms with Crippen LogP contribution >= 0.6 is 15.9 Å². The van der Waals surface area contributed by atoms with Gasteiger partial charge in [-0.05, 0) is 65.5 Å². The first-order chi connectivity index (χ1) is 18.4. The third-order valence-electron chi connectivity index (χ3n) is 6.67. The number of aryl methyl sites for hydroxylation is 2. The highest BCUT2D eigenvalue weighted by Gasteiger charge is 2.23. The van der Waals surface area contributed by atoms with Crippen molar-refractivity contribution in [1.29, 1.82) is 0 Å². The lowest BCUT2D eigenvalue weighted by Crippen LogP contribution is -2.38. The van der Waals surface area contributed by atoms with Crippen LogP contribution in [-0.2, 0) is 12.8 Å². The first-order valence-corrected chi connectivity index (χ1v) is 13.2. The molecule has 0 radical (unpaired) electrons. The fourth-order valence-electron chi connectivity index (χ4n) is 4.74. The summed E-state index contributed by atoms with van der Waals surface area (Å²) in [5, 5.41) is 12.4. The molecule has 0 saturated carbocycles. The number of nitrogens with zero attached hydrogens (tertiary/aromatic N) is 2. The summed E-state index contributed by atoms with van der Waals surface area (Å²) in [6, 6.07) is 18.7. The summed E-state index contributed by atoms with van der Waals surface area (Å²) < 4.78 is 12.5. The predicted octanol–water partition coefficient (Wildman–Crippen LogP) is 6.39. The Balaban J connectivity index is 1.35. The number of hydrogen-bond donors (Lipinski definition) is 0. The second kappa shape index (κ2) is 11.2. The normalized spacial score (nSPS) is 12.7. The molecule has 0 saturated heterocycles. The van der Waals surface area contributed by atoms with Crippen LogP contribution in [-0.4, -0.2) is 41.2 Å². The van der Waals surface area contributed by atoms with E-state index in [1.54, 1.807) is 30.3 Å². The first kappa shape index (κ1) is 25.7. The van der Waals surface area contributed by atoms with E-state index >= 15 is 0 Å². The van der Waals surface area contributed by atoms with E-state index in [4.69, 9.17) is 9.15 Å². The molecule has 1 amide bonds. The average molecular weight is 577 g/mol. The summed E-state index contributed by atoms with van der Waals surface area (Å²) in [6.45, 7) is 0.0147. The lowest BCUT2D eigenvalue weighted by molar-refractivity contribution is -0.385. The minimum absolute atomic E-state index is 0.134. The number of Topliss-reactive ketones (excluding diaryl/α,β-unsaturated/α-hetero) is 1. The monoisotopic (exact) mass is 576 g/mol. The third-order valence-corrected chi connectivity index (χ3v) is 7.34. The van der Waals surface area contributed by atoms with E-state index in [0.717, 1.165) is 36.8 Å². The summed E-state index contributed by atoms with van der Waals surface area (Å²) in [7, 11) is 0. The maximum atomic E-state index is 13.3. The minimum Gasteiger partial charge on any atom is -0.488 e. The van der Waals surface area contributed by atoms with Crippen molar-refractivity contribution in [3.8, 4) is 5.75 Å². The number of benzene rings is 3. The Kier molecular flexibility index (Phi) is 7.55. The lowest BCUT2D eigenvalue weighted by Gasteiger charge is -2.22. The van der Waals surface area contributed by atoms with Gasteiger partial charge in [0.1, 0.15) is 12.4 Å². The number of para-hydroxylation sites is 1. The molecule has 0 N–H and O–H groups in total. The van der Waals surface area contributed by atoms with Gasteiger partial charge in [-0.15, -0.1) is 0 Å². The maximum absolute atomic E-state index is 13.3. The van der Waals surface area contributed by atoms with E-state index in [9.17, 15) is 19.7 Å². The molecule has 3 aromatic carbocycles. The highest BCUT2D eigenvalue weighted by Crippen LogP contribution is 2.36. The van der Waals surface area contributed by atoms with Crippen LogP contribution in [0, 0.1) is 10.1 Å². The van der Waals surface area contributed by atoms with E-state index in [1.807, 2.05) is 18.2 Å². The van der Waals surface area contributed by atoms with E-state index < -0.39 is 10.7 Å². The predicted molar refractivity (Wildman–Crippen MR) is 146 cm³/mol. The van der Waals surface area contributed by atoms with Crippen molar-refractivity contribution >= 4 is 44.3 Å². The van der Waals surface area contributed by atoms with Crippen molar-refractivity contribution < 1.29 is 23.7 Å². The Morgan fingerprint density at radius 1 is 1.00 bits per heavy atom. The highest BCUT2D eigenvalue weighted by atomic mass is 79.9. The van der Waals surface area contributed by atoms with E-state index in [0.29, 0.717) is 16.9 Å². The molecule has 0 bridgehead atoms. The van der Waals surface area contributed by atoms with Crippen LogP contribution in [0.1, 0.15) is 44.9 Å². The number of carbonyl (C=O) groups is 2. The summed E-state index contributed by atoms with van der Waals surface area (Å²) >= 11 is 3.14. The summed E-state index contributed by atoms with van der Waals surface area (Å²) in [5.41, 5.74) is 2.32. The summed E-state index contributed by atoms with van der Waals surface area (Å²) in [5.74, 6) is 0.864. The SMILES string of the molecule is O=C(CN(CCOc1cccc2c3c(oc12)CCCC3)C(=O)c1ccccc1)c1ccc(Br)c([N+](=O)[O-])c1. The second-order valence-electron chi connectivity index (χ2n) is 9.13. The van der Waals surface area contributed by atoms with Crippen LogP contribution in [0.4, 0.5) is 5.69 Å². The number of carbonyl (C=O) groups excluding carboxylic acids is 2. The molecule has 0 aliphatic heterocycles. The second-order valence-corrected chi connectivity index (χ2v) is 9.99. The van der Waals surface area contributed by atoms with Gasteiger partial charge in [-0.3, -0.25) is 19.7 Å². The van der Waals surface area contributed by atoms with Crippen LogP contribution in [0.25, 0.3) is 11.0 Å². The highest BCUT2D eigenvalue weighted by molar-refractivity contribution is 9.10. The zero-order valence-electron chi connectivity index (χ0n) is 20.5. The van der Waals surface area contributed by atoms with Crippen molar-refractivity contribution in [2.24, 2.45) is 0 Å². The Morgan fingerprint density at radius 2 is 1.79 bits per heavy atom. The van der Waals surface area contributed by atoms with Gasteiger partial charge < -0.3 is 14.1 Å². The van der Waals surface area contributed by atoms with Crippen LogP contribution in [0.5, 0.6) is 5.75 Å². The molecule has 194 valence electrons. The number of ether oxygens (including phenoxy) is 1. The van der Waals surface area contributed by atoms with Crippen LogP contribution in [0.3, 0.4) is 0 Å². The number of rotatable bonds is 9. The third kappa shape index (κ3) is 5.33. The molecule has 8 nitrogen and oxygen atoms in total. The molecular formula is C29H25BrN2O6. The van der Waals surface area contributed by atoms with Gasteiger partial charge in [-0.1, -0.05) is 30.3 Å². The van der Waals surface area contributed by atoms with E-state index in [1.165, 1.54) is 28.7 Å². The van der Waals surface area contributed by atoms with Gasteiger partial charge in [-0.25, -0.2) is 0 Å². The number of fused-ring (bicyclic) bond motifs is 3. The molecule has 5 rings (SSSR count). The molecule has 38 heavy (non-hydrogen) atoms. The van der Waals surface area contributed by atoms with Crippen molar-refractivity contribution in [2.45, 2.75) is 25.7 Å². The minimum atomic E-state index is -0.561. The Hall–Kier alpha value is -3.98. The van der Waals surface area contributed by atoms with Crippen molar-refractivity contribution in [3.63, 3.8) is 0 Å². The number of hydrogen-bond acceptors (Lipinski definition) is 6. The Labute approximate surface area is 227 Å². The number of halogens is 1. The van der Waals surface area contributed by atoms with Crippen LogP contribution in [0.2, 0.25) is 0 Å². The first-order valence-electron chi connectivity index (χ1n) is 12.4. The quantitative estimate of drug-likeness (QED) is 0.130. The zero-order chi connectivity index (χ0) is 26.6.